The van der Waals surface area contributed by atoms with Crippen LogP contribution in [-0.2, 0) is 26.1 Å². The van der Waals surface area contributed by atoms with Crippen molar-refractivity contribution in [1.82, 2.24) is 9.21 Å². The van der Waals surface area contributed by atoms with E-state index in [9.17, 15) is 13.2 Å². The van der Waals surface area contributed by atoms with Crippen molar-refractivity contribution in [3.05, 3.63) is 59.7 Å². The molecule has 174 valence electrons. The molecular weight excluding hydrogens is 426 g/mol. The summed E-state index contributed by atoms with van der Waals surface area (Å²) in [5.41, 5.74) is 2.93. The molecule has 1 aliphatic rings. The van der Waals surface area contributed by atoms with Crippen LogP contribution in [0.25, 0.3) is 0 Å². The average molecular weight is 460 g/mol. The maximum Gasteiger partial charge on any atom is 0.243 e. The van der Waals surface area contributed by atoms with E-state index >= 15 is 0 Å². The van der Waals surface area contributed by atoms with Gasteiger partial charge in [0, 0.05) is 25.3 Å². The summed E-state index contributed by atoms with van der Waals surface area (Å²) in [4.78, 5) is 14.8. The van der Waals surface area contributed by atoms with E-state index < -0.39 is 10.0 Å². The van der Waals surface area contributed by atoms with Crippen LogP contribution in [0.4, 0.5) is 5.69 Å². The Bertz CT molecular complexity index is 1010. The number of ether oxygens (including phenoxy) is 1. The summed E-state index contributed by atoms with van der Waals surface area (Å²) in [5.74, 6) is -0.133. The summed E-state index contributed by atoms with van der Waals surface area (Å²) in [6, 6.07) is 14.6. The average Bonchev–Trinajstić information content (AvgIpc) is 2.73. The monoisotopic (exact) mass is 459 g/mol. The molecule has 32 heavy (non-hydrogen) atoms. The predicted molar refractivity (Wildman–Crippen MR) is 126 cm³/mol. The van der Waals surface area contributed by atoms with Crippen LogP contribution >= 0.6 is 0 Å². The van der Waals surface area contributed by atoms with Crippen molar-refractivity contribution in [2.45, 2.75) is 51.3 Å². The Morgan fingerprint density at radius 1 is 1.12 bits per heavy atom. The van der Waals surface area contributed by atoms with E-state index in [-0.39, 0.29) is 29.6 Å². The fourth-order valence-electron chi connectivity index (χ4n) is 3.94. The van der Waals surface area contributed by atoms with Gasteiger partial charge in [0.1, 0.15) is 0 Å². The molecule has 8 heteroatoms. The summed E-state index contributed by atoms with van der Waals surface area (Å²) < 4.78 is 33.0. The molecule has 0 aromatic heterocycles. The molecular formula is C24H33N3O4S. The van der Waals surface area contributed by atoms with E-state index in [1.165, 1.54) is 15.4 Å². The molecule has 0 saturated carbocycles. The van der Waals surface area contributed by atoms with Crippen molar-refractivity contribution in [3.8, 4) is 0 Å². The highest BCUT2D eigenvalue weighted by Crippen LogP contribution is 2.22. The minimum atomic E-state index is -3.60. The fraction of sp³-hybridized carbons (Fsp3) is 0.458. The zero-order valence-corrected chi connectivity index (χ0v) is 20.1. The van der Waals surface area contributed by atoms with Gasteiger partial charge >= 0.3 is 0 Å². The van der Waals surface area contributed by atoms with Crippen molar-refractivity contribution in [2.24, 2.45) is 0 Å². The molecule has 0 bridgehead atoms. The predicted octanol–water partition coefficient (Wildman–Crippen LogP) is 3.25. The third-order valence-corrected chi connectivity index (χ3v) is 7.31. The van der Waals surface area contributed by atoms with Crippen LogP contribution in [0.5, 0.6) is 0 Å². The number of rotatable bonds is 8. The molecule has 1 aliphatic heterocycles. The Morgan fingerprint density at radius 2 is 1.78 bits per heavy atom. The first-order valence-electron chi connectivity index (χ1n) is 11.0. The van der Waals surface area contributed by atoms with E-state index in [1.54, 1.807) is 24.3 Å². The van der Waals surface area contributed by atoms with Crippen molar-refractivity contribution in [3.63, 3.8) is 0 Å². The van der Waals surface area contributed by atoms with Crippen molar-refractivity contribution >= 4 is 21.6 Å². The minimum absolute atomic E-state index is 0.133. The third-order valence-electron chi connectivity index (χ3n) is 5.47. The summed E-state index contributed by atoms with van der Waals surface area (Å²) in [6.45, 7) is 10.2. The molecule has 0 radical (unpaired) electrons. The van der Waals surface area contributed by atoms with E-state index in [4.69, 9.17) is 4.74 Å². The molecule has 2 unspecified atom stereocenters. The molecule has 3 rings (SSSR count). The molecule has 1 N–H and O–H groups in total. The first kappa shape index (κ1) is 24.4. The van der Waals surface area contributed by atoms with Gasteiger partial charge in [0.25, 0.3) is 0 Å². The second-order valence-corrected chi connectivity index (χ2v) is 10.4. The number of carbonyl (C=O) groups is 1. The number of morpholine rings is 1. The van der Waals surface area contributed by atoms with Gasteiger partial charge in [-0.15, -0.1) is 0 Å². The number of benzene rings is 2. The SMILES string of the molecule is CCN(CC(=O)Nc1ccc(S(=O)(=O)N2CC(C)OC(C)C2)cc1)Cc1cccc(C)c1. The van der Waals surface area contributed by atoms with Crippen molar-refractivity contribution in [2.75, 3.05) is 31.5 Å². The zero-order valence-electron chi connectivity index (χ0n) is 19.2. The Balaban J connectivity index is 1.60. The van der Waals surface area contributed by atoms with Crippen LogP contribution in [0.15, 0.2) is 53.4 Å². The van der Waals surface area contributed by atoms with E-state index in [2.05, 4.69) is 35.3 Å². The highest BCUT2D eigenvalue weighted by Gasteiger charge is 2.32. The molecule has 2 aromatic carbocycles. The van der Waals surface area contributed by atoms with Gasteiger partial charge < -0.3 is 10.1 Å². The van der Waals surface area contributed by atoms with Crippen LogP contribution < -0.4 is 5.32 Å². The van der Waals surface area contributed by atoms with Crippen LogP contribution in [0.1, 0.15) is 31.9 Å². The van der Waals surface area contributed by atoms with Crippen LogP contribution in [0.3, 0.4) is 0 Å². The van der Waals surface area contributed by atoms with Crippen LogP contribution in [0, 0.1) is 6.92 Å². The molecule has 0 aliphatic carbocycles. The first-order chi connectivity index (χ1) is 15.2. The molecule has 1 amide bonds. The maximum atomic E-state index is 13.0. The Labute approximate surface area is 191 Å². The number of anilines is 1. The quantitative estimate of drug-likeness (QED) is 0.656. The Kier molecular flexibility index (Phi) is 8.05. The van der Waals surface area contributed by atoms with Gasteiger partial charge in [0.2, 0.25) is 15.9 Å². The number of hydrogen-bond acceptors (Lipinski definition) is 5. The van der Waals surface area contributed by atoms with Gasteiger partial charge in [-0.2, -0.15) is 4.31 Å². The van der Waals surface area contributed by atoms with Crippen LogP contribution in [-0.4, -0.2) is 61.9 Å². The molecule has 2 atom stereocenters. The van der Waals surface area contributed by atoms with E-state index in [0.717, 1.165) is 6.54 Å². The highest BCUT2D eigenvalue weighted by molar-refractivity contribution is 7.89. The second kappa shape index (κ2) is 10.6. The summed E-state index contributed by atoms with van der Waals surface area (Å²) in [5, 5.41) is 2.87. The lowest BCUT2D eigenvalue weighted by Gasteiger charge is -2.34. The molecule has 1 heterocycles. The molecule has 1 fully saturated rings. The van der Waals surface area contributed by atoms with Gasteiger partial charge in [-0.05, 0) is 57.1 Å². The smallest absolute Gasteiger partial charge is 0.243 e. The highest BCUT2D eigenvalue weighted by atomic mass is 32.2. The Hall–Kier alpha value is -2.26. The third kappa shape index (κ3) is 6.38. The lowest BCUT2D eigenvalue weighted by atomic mass is 10.1. The molecule has 1 saturated heterocycles. The largest absolute Gasteiger partial charge is 0.373 e. The summed E-state index contributed by atoms with van der Waals surface area (Å²) in [7, 11) is -3.60. The molecule has 2 aromatic rings. The van der Waals surface area contributed by atoms with Gasteiger partial charge in [0.15, 0.2) is 0 Å². The lowest BCUT2D eigenvalue weighted by Crippen LogP contribution is -2.48. The number of nitrogens with one attached hydrogen (secondary N) is 1. The number of sulfonamides is 1. The van der Waals surface area contributed by atoms with Gasteiger partial charge in [-0.25, -0.2) is 8.42 Å². The van der Waals surface area contributed by atoms with E-state index in [1.807, 2.05) is 26.8 Å². The second-order valence-electron chi connectivity index (χ2n) is 8.44. The van der Waals surface area contributed by atoms with E-state index in [0.29, 0.717) is 25.3 Å². The minimum Gasteiger partial charge on any atom is -0.373 e. The number of hydrogen-bond donors (Lipinski definition) is 1. The van der Waals surface area contributed by atoms with Crippen LogP contribution in [0.2, 0.25) is 0 Å². The van der Waals surface area contributed by atoms with Gasteiger partial charge in [0.05, 0.1) is 23.6 Å². The van der Waals surface area contributed by atoms with Gasteiger partial charge in [-0.1, -0.05) is 36.8 Å². The molecule has 0 spiro atoms. The zero-order chi connectivity index (χ0) is 23.3. The number of likely N-dealkylation sites (N-methyl/N-ethyl adjacent to an activating group) is 1. The number of aryl methyl sites for hydroxylation is 1. The maximum absolute atomic E-state index is 13.0. The van der Waals surface area contributed by atoms with Crippen molar-refractivity contribution < 1.29 is 17.9 Å². The topological polar surface area (TPSA) is 79.0 Å². The standard InChI is InChI=1S/C24H33N3O4S/c1-5-26(16-21-8-6-7-18(2)13-21)17-24(28)25-22-9-11-23(12-10-22)32(29,30)27-14-19(3)31-20(4)15-27/h6-13,19-20H,5,14-17H2,1-4H3,(H,25,28). The summed E-state index contributed by atoms with van der Waals surface area (Å²) in [6.07, 6.45) is -0.290. The first-order valence-corrected chi connectivity index (χ1v) is 12.4. The number of amides is 1. The fourth-order valence-corrected chi connectivity index (χ4v) is 5.53. The molecule has 7 nitrogen and oxygen atoms in total. The van der Waals surface area contributed by atoms with Gasteiger partial charge in [-0.3, -0.25) is 9.69 Å². The van der Waals surface area contributed by atoms with Crippen molar-refractivity contribution in [1.29, 1.82) is 0 Å². The number of nitrogens with zero attached hydrogens (tertiary/aromatic N) is 2. The number of carbonyl (C=O) groups excluding carboxylic acids is 1. The lowest BCUT2D eigenvalue weighted by molar-refractivity contribution is -0.117. The Morgan fingerprint density at radius 3 is 2.38 bits per heavy atom. The normalized spacial score (nSPS) is 19.8. The summed E-state index contributed by atoms with van der Waals surface area (Å²) >= 11 is 0.